The molecule has 0 aromatic heterocycles. The molecule has 1 aliphatic carbocycles. The number of aliphatic hydroxyl groups is 1. The van der Waals surface area contributed by atoms with Gasteiger partial charge in [-0.05, 0) is 63.1 Å². The number of allylic oxidation sites excluding steroid dienone is 3. The fourth-order valence-corrected chi connectivity index (χ4v) is 7.85. The average Bonchev–Trinajstić information content (AvgIpc) is 3.30. The van der Waals surface area contributed by atoms with Crippen LogP contribution in [0.15, 0.2) is 84.0 Å². The summed E-state index contributed by atoms with van der Waals surface area (Å²) in [4.78, 5) is 29.1. The molecular weight excluding hydrogens is 672 g/mol. The fourth-order valence-electron chi connectivity index (χ4n) is 7.85. The number of ether oxygens (including phenoxy) is 2. The van der Waals surface area contributed by atoms with E-state index < -0.39 is 63.5 Å². The number of rotatable bonds is 6. The summed E-state index contributed by atoms with van der Waals surface area (Å²) in [7, 11) is 0. The number of hydrogen-bond acceptors (Lipinski definition) is 12. The van der Waals surface area contributed by atoms with E-state index in [0.717, 1.165) is 23.8 Å². The minimum absolute atomic E-state index is 0.0310. The Labute approximate surface area is 297 Å². The lowest BCUT2D eigenvalue weighted by Gasteiger charge is -2.43. The third-order valence-corrected chi connectivity index (χ3v) is 10.2. The van der Waals surface area contributed by atoms with Crippen LogP contribution in [0.25, 0.3) is 0 Å². The highest BCUT2D eigenvalue weighted by atomic mass is 16.7. The van der Waals surface area contributed by atoms with E-state index in [1.165, 1.54) is 42.5 Å². The summed E-state index contributed by atoms with van der Waals surface area (Å²) in [5.74, 6) is -11.1. The van der Waals surface area contributed by atoms with Crippen LogP contribution in [0.3, 0.4) is 0 Å². The Kier molecular flexibility index (Phi) is 7.91. The molecule has 0 saturated carbocycles. The molecule has 0 fully saturated rings. The van der Waals surface area contributed by atoms with Gasteiger partial charge >= 0.3 is 5.79 Å². The van der Waals surface area contributed by atoms with Gasteiger partial charge in [-0.15, -0.1) is 0 Å². The van der Waals surface area contributed by atoms with Crippen molar-refractivity contribution in [3.05, 3.63) is 112 Å². The maximum Gasteiger partial charge on any atom is 0.318 e. The molecule has 0 bridgehead atoms. The van der Waals surface area contributed by atoms with Gasteiger partial charge < -0.3 is 50.3 Å². The van der Waals surface area contributed by atoms with Crippen molar-refractivity contribution < 1.29 is 59.9 Å². The van der Waals surface area contributed by atoms with Gasteiger partial charge in [0.2, 0.25) is 11.4 Å². The van der Waals surface area contributed by atoms with E-state index in [-0.39, 0.29) is 69.6 Å². The normalized spacial score (nSPS) is 24.4. The zero-order chi connectivity index (χ0) is 37.4. The molecule has 2 heterocycles. The Morgan fingerprint density at radius 2 is 1.48 bits per heavy atom. The Bertz CT molecular complexity index is 2250. The number of carbonyl (C=O) groups is 2. The van der Waals surface area contributed by atoms with Gasteiger partial charge in [0.05, 0.1) is 5.56 Å². The maximum absolute atomic E-state index is 14.6. The van der Waals surface area contributed by atoms with Crippen molar-refractivity contribution in [3.63, 3.8) is 0 Å². The molecule has 12 heteroatoms. The van der Waals surface area contributed by atoms with Crippen molar-refractivity contribution >= 4 is 11.6 Å². The van der Waals surface area contributed by atoms with Gasteiger partial charge in [0, 0.05) is 59.6 Å². The minimum Gasteiger partial charge on any atom is -0.508 e. The van der Waals surface area contributed by atoms with Crippen LogP contribution in [0.1, 0.15) is 82.9 Å². The SMILES string of the molecule is CC(C)=CC[C@]12Oc3cc(O)c([C@H]4C=C(C)C[C@H](c5ccc(O)cc5O)C4C(=O)c4ccc(O)cc4O)c(O)c3C(=O)[C@@]1(O)Oc1cc(O)ccc12. The van der Waals surface area contributed by atoms with Gasteiger partial charge in [-0.1, -0.05) is 29.4 Å². The molecule has 0 amide bonds. The average molecular weight is 709 g/mol. The Morgan fingerprint density at radius 1 is 0.827 bits per heavy atom. The number of benzene rings is 4. The smallest absolute Gasteiger partial charge is 0.318 e. The van der Waals surface area contributed by atoms with Crippen molar-refractivity contribution in [2.24, 2.45) is 5.92 Å². The summed E-state index contributed by atoms with van der Waals surface area (Å²) in [6.07, 6.45) is 3.48. The molecule has 0 radical (unpaired) electrons. The van der Waals surface area contributed by atoms with Crippen LogP contribution in [0.4, 0.5) is 0 Å². The third kappa shape index (κ3) is 5.09. The Balaban J connectivity index is 1.43. The number of hydrogen-bond donors (Lipinski definition) is 8. The summed E-state index contributed by atoms with van der Waals surface area (Å²) in [5.41, 5.74) is -0.891. The lowest BCUT2D eigenvalue weighted by molar-refractivity contribution is -0.201. The second-order valence-corrected chi connectivity index (χ2v) is 13.9. The number of fused-ring (bicyclic) bond motifs is 4. The highest BCUT2D eigenvalue weighted by Gasteiger charge is 2.70. The van der Waals surface area contributed by atoms with Crippen LogP contribution in [-0.4, -0.2) is 58.2 Å². The topological polar surface area (TPSA) is 214 Å². The van der Waals surface area contributed by atoms with Crippen LogP contribution in [0, 0.1) is 5.92 Å². The van der Waals surface area contributed by atoms with Crippen LogP contribution in [-0.2, 0) is 5.60 Å². The number of carbonyl (C=O) groups excluding carboxylic acids is 2. The molecule has 0 saturated heterocycles. The number of ketones is 2. The van der Waals surface area contributed by atoms with Gasteiger partial charge in [0.15, 0.2) is 5.78 Å². The predicted molar refractivity (Wildman–Crippen MR) is 185 cm³/mol. The number of phenolic OH excluding ortho intramolecular Hbond substituents is 7. The number of Topliss-reactive ketones (excluding diaryl/α,β-unsaturated/α-hetero) is 2. The van der Waals surface area contributed by atoms with Gasteiger partial charge in [-0.2, -0.15) is 0 Å². The fraction of sp³-hybridized carbons (Fsp3) is 0.250. The zero-order valence-corrected chi connectivity index (χ0v) is 28.3. The van der Waals surface area contributed by atoms with E-state index in [1.807, 2.05) is 13.8 Å². The number of aromatic hydroxyl groups is 7. The molecule has 52 heavy (non-hydrogen) atoms. The van der Waals surface area contributed by atoms with Crippen molar-refractivity contribution in [3.8, 4) is 51.7 Å². The maximum atomic E-state index is 14.6. The second kappa shape index (κ2) is 12.0. The lowest BCUT2D eigenvalue weighted by Crippen LogP contribution is -2.62. The van der Waals surface area contributed by atoms with Gasteiger partial charge in [0.25, 0.3) is 0 Å². The predicted octanol–water partition coefficient (Wildman–Crippen LogP) is 6.25. The molecule has 8 N–H and O–H groups in total. The number of phenols is 7. The van der Waals surface area contributed by atoms with Crippen molar-refractivity contribution in [1.82, 2.24) is 0 Å². The van der Waals surface area contributed by atoms with Crippen LogP contribution >= 0.6 is 0 Å². The van der Waals surface area contributed by atoms with Gasteiger partial charge in [0.1, 0.15) is 57.3 Å². The summed E-state index contributed by atoms with van der Waals surface area (Å²) >= 11 is 0. The van der Waals surface area contributed by atoms with Crippen LogP contribution in [0.5, 0.6) is 51.7 Å². The molecule has 5 atom stereocenters. The molecule has 7 rings (SSSR count). The van der Waals surface area contributed by atoms with Crippen molar-refractivity contribution in [1.29, 1.82) is 0 Å². The highest BCUT2D eigenvalue weighted by Crippen LogP contribution is 2.61. The molecule has 3 aliphatic rings. The molecule has 268 valence electrons. The first-order valence-corrected chi connectivity index (χ1v) is 16.5. The Hall–Kier alpha value is -6.14. The molecule has 0 spiro atoms. The summed E-state index contributed by atoms with van der Waals surface area (Å²) in [6, 6.07) is 12.5. The van der Waals surface area contributed by atoms with Gasteiger partial charge in [-0.25, -0.2) is 0 Å². The highest BCUT2D eigenvalue weighted by molar-refractivity contribution is 6.09. The van der Waals surface area contributed by atoms with Gasteiger partial charge in [-0.3, -0.25) is 9.59 Å². The summed E-state index contributed by atoms with van der Waals surface area (Å²) < 4.78 is 12.3. The van der Waals surface area contributed by atoms with Crippen molar-refractivity contribution in [2.45, 2.75) is 56.8 Å². The molecule has 2 aliphatic heterocycles. The molecule has 4 aromatic carbocycles. The van der Waals surface area contributed by atoms with Crippen LogP contribution in [0.2, 0.25) is 0 Å². The first-order valence-electron chi connectivity index (χ1n) is 16.5. The summed E-state index contributed by atoms with van der Waals surface area (Å²) in [5, 5.41) is 87.8. The van der Waals surface area contributed by atoms with E-state index in [9.17, 15) is 50.4 Å². The quantitative estimate of drug-likeness (QED) is 0.0824. The van der Waals surface area contributed by atoms with E-state index in [0.29, 0.717) is 5.57 Å². The summed E-state index contributed by atoms with van der Waals surface area (Å²) in [6.45, 7) is 5.37. The van der Waals surface area contributed by atoms with Crippen molar-refractivity contribution in [2.75, 3.05) is 0 Å². The van der Waals surface area contributed by atoms with E-state index in [2.05, 4.69) is 0 Å². The van der Waals surface area contributed by atoms with E-state index in [4.69, 9.17) is 9.47 Å². The van der Waals surface area contributed by atoms with E-state index in [1.54, 1.807) is 19.1 Å². The first kappa shape index (κ1) is 34.3. The molecule has 1 unspecified atom stereocenters. The standard InChI is InChI=1S/C40H36O12/c1-18(2)10-11-39-27-9-6-22(43)16-31(27)52-40(39,50)38(49)35-32(51-39)17-30(46)34(37(35)48)26-13-19(3)12-25(23-7-4-20(41)14-28(23)44)33(26)36(47)24-8-5-21(42)15-29(24)45/h4-10,13-17,25-26,33,41-46,48,50H,11-12H2,1-3H3/t25-,26+,33?,39-,40-/m1/s1. The lowest BCUT2D eigenvalue weighted by atomic mass is 9.65. The van der Waals surface area contributed by atoms with E-state index >= 15 is 0 Å². The van der Waals surface area contributed by atoms with Crippen LogP contribution < -0.4 is 9.47 Å². The Morgan fingerprint density at radius 3 is 2.15 bits per heavy atom. The largest absolute Gasteiger partial charge is 0.508 e. The minimum atomic E-state index is -2.75. The zero-order valence-electron chi connectivity index (χ0n) is 28.3. The first-order chi connectivity index (χ1) is 24.6. The molecule has 12 nitrogen and oxygen atoms in total. The molecule has 4 aromatic rings. The molecular formula is C40H36O12. The second-order valence-electron chi connectivity index (χ2n) is 13.9. The monoisotopic (exact) mass is 708 g/mol. The third-order valence-electron chi connectivity index (χ3n) is 10.2.